The average Bonchev–Trinajstić information content (AvgIpc) is 3.14. The van der Waals surface area contributed by atoms with Gasteiger partial charge in [-0.25, -0.2) is 0 Å². The Kier molecular flexibility index (Phi) is 4.04. The molecule has 4 aromatic rings. The van der Waals surface area contributed by atoms with Gasteiger partial charge in [0.25, 0.3) is 0 Å². The summed E-state index contributed by atoms with van der Waals surface area (Å²) >= 11 is 0. The quantitative estimate of drug-likeness (QED) is 0.561. The zero-order valence-corrected chi connectivity index (χ0v) is 14.8. The van der Waals surface area contributed by atoms with Gasteiger partial charge in [-0.1, -0.05) is 30.3 Å². The van der Waals surface area contributed by atoms with Crippen LogP contribution in [0.5, 0.6) is 5.75 Å². The molecule has 2 aromatic carbocycles. The molecular formula is C20H16N4O3. The van der Waals surface area contributed by atoms with E-state index < -0.39 is 0 Å². The lowest BCUT2D eigenvalue weighted by atomic mass is 10.1. The van der Waals surface area contributed by atoms with Gasteiger partial charge in [0, 0.05) is 24.1 Å². The monoisotopic (exact) mass is 360 g/mol. The third-order valence-corrected chi connectivity index (χ3v) is 4.23. The van der Waals surface area contributed by atoms with Crippen molar-refractivity contribution in [3.63, 3.8) is 0 Å². The van der Waals surface area contributed by atoms with Crippen molar-refractivity contribution in [3.05, 3.63) is 71.0 Å². The maximum Gasteiger partial charge on any atom is 0.301 e. The van der Waals surface area contributed by atoms with Crippen molar-refractivity contribution in [2.24, 2.45) is 0 Å². The largest absolute Gasteiger partial charge is 0.497 e. The average molecular weight is 360 g/mol. The van der Waals surface area contributed by atoms with E-state index in [0.29, 0.717) is 16.9 Å². The predicted molar refractivity (Wildman–Crippen MR) is 101 cm³/mol. The summed E-state index contributed by atoms with van der Waals surface area (Å²) in [5.74, 6) is 0.414. The molecule has 7 nitrogen and oxygen atoms in total. The second kappa shape index (κ2) is 6.53. The first kappa shape index (κ1) is 16.7. The Labute approximate surface area is 154 Å². The van der Waals surface area contributed by atoms with E-state index in [1.807, 2.05) is 42.5 Å². The lowest BCUT2D eigenvalue weighted by Gasteiger charge is -2.06. The summed E-state index contributed by atoms with van der Waals surface area (Å²) in [6, 6.07) is 18.0. The van der Waals surface area contributed by atoms with E-state index in [1.54, 1.807) is 25.3 Å². The maximum absolute atomic E-state index is 12.9. The third-order valence-electron chi connectivity index (χ3n) is 4.23. The number of rotatable bonds is 3. The molecule has 0 N–H and O–H groups in total. The minimum absolute atomic E-state index is 0.169. The van der Waals surface area contributed by atoms with E-state index in [-0.39, 0.29) is 17.2 Å². The highest BCUT2D eigenvalue weighted by Crippen LogP contribution is 2.22. The summed E-state index contributed by atoms with van der Waals surface area (Å²) in [6.45, 7) is 1.40. The molecule has 0 atom stereocenters. The Bertz CT molecular complexity index is 1190. The number of carbonyl (C=O) groups excluding carboxylic acids is 1. The molecule has 27 heavy (non-hydrogen) atoms. The molecular weight excluding hydrogens is 344 g/mol. The van der Waals surface area contributed by atoms with Crippen molar-refractivity contribution < 1.29 is 9.53 Å². The second-order valence-corrected chi connectivity index (χ2v) is 5.98. The van der Waals surface area contributed by atoms with Crippen LogP contribution in [0.1, 0.15) is 11.7 Å². The minimum atomic E-state index is -0.381. The number of nitrogens with zero attached hydrogens (tertiary/aromatic N) is 4. The molecule has 0 spiro atoms. The standard InChI is InChI=1S/C20H16N4O3/c1-13(25)23-18-12-17(14-8-10-16(27-2)11-9-14)21-24(18)20(26)19(22-23)15-6-4-3-5-7-15/h3-12H,1-2H3. The second-order valence-electron chi connectivity index (χ2n) is 5.98. The van der Waals surface area contributed by atoms with Gasteiger partial charge in [0.1, 0.15) is 5.75 Å². The van der Waals surface area contributed by atoms with Gasteiger partial charge in [0.05, 0.1) is 12.8 Å². The SMILES string of the molecule is COc1ccc(-c2cc3n(C(C)=O)nc(-c4ccccc4)c(=O)n3n2)cc1. The van der Waals surface area contributed by atoms with E-state index in [4.69, 9.17) is 4.74 Å². The molecule has 0 saturated carbocycles. The first-order chi connectivity index (χ1) is 13.1. The minimum Gasteiger partial charge on any atom is -0.497 e. The van der Waals surface area contributed by atoms with Crippen molar-refractivity contribution in [1.29, 1.82) is 0 Å². The van der Waals surface area contributed by atoms with Crippen molar-refractivity contribution in [3.8, 4) is 28.3 Å². The van der Waals surface area contributed by atoms with Crippen molar-refractivity contribution in [2.75, 3.05) is 7.11 Å². The Hall–Kier alpha value is -3.74. The van der Waals surface area contributed by atoms with Crippen LogP contribution in [0, 0.1) is 0 Å². The zero-order valence-electron chi connectivity index (χ0n) is 14.8. The van der Waals surface area contributed by atoms with Gasteiger partial charge in [-0.15, -0.1) is 0 Å². The summed E-state index contributed by atoms with van der Waals surface area (Å²) in [5.41, 5.74) is 2.10. The summed E-state index contributed by atoms with van der Waals surface area (Å²) in [5, 5.41) is 8.70. The molecule has 0 fully saturated rings. The fourth-order valence-corrected chi connectivity index (χ4v) is 2.88. The fourth-order valence-electron chi connectivity index (χ4n) is 2.88. The molecule has 0 amide bonds. The van der Waals surface area contributed by atoms with Gasteiger partial charge >= 0.3 is 5.56 Å². The molecule has 134 valence electrons. The Balaban J connectivity index is 1.96. The molecule has 0 radical (unpaired) electrons. The summed E-state index contributed by atoms with van der Waals surface area (Å²) < 4.78 is 7.58. The van der Waals surface area contributed by atoms with Gasteiger partial charge in [0.15, 0.2) is 11.3 Å². The third kappa shape index (κ3) is 2.89. The van der Waals surface area contributed by atoms with E-state index in [9.17, 15) is 9.59 Å². The lowest BCUT2D eigenvalue weighted by molar-refractivity contribution is 0.0924. The fraction of sp³-hybridized carbons (Fsp3) is 0.100. The van der Waals surface area contributed by atoms with Crippen molar-refractivity contribution >= 4 is 11.6 Å². The van der Waals surface area contributed by atoms with Crippen LogP contribution in [0.2, 0.25) is 0 Å². The smallest absolute Gasteiger partial charge is 0.301 e. The van der Waals surface area contributed by atoms with Crippen LogP contribution < -0.4 is 10.3 Å². The number of benzene rings is 2. The van der Waals surface area contributed by atoms with Crippen LogP contribution >= 0.6 is 0 Å². The van der Waals surface area contributed by atoms with Gasteiger partial charge in [-0.3, -0.25) is 9.59 Å². The summed E-state index contributed by atoms with van der Waals surface area (Å²) in [6.07, 6.45) is 0. The van der Waals surface area contributed by atoms with Gasteiger partial charge in [0.2, 0.25) is 5.91 Å². The van der Waals surface area contributed by atoms with Gasteiger partial charge in [-0.05, 0) is 24.3 Å². The first-order valence-electron chi connectivity index (χ1n) is 8.32. The van der Waals surface area contributed by atoms with Crippen LogP contribution in [-0.2, 0) is 0 Å². The van der Waals surface area contributed by atoms with E-state index in [1.165, 1.54) is 16.1 Å². The molecule has 2 heterocycles. The van der Waals surface area contributed by atoms with Crippen molar-refractivity contribution in [2.45, 2.75) is 6.92 Å². The summed E-state index contributed by atoms with van der Waals surface area (Å²) in [4.78, 5) is 25.1. The Morgan fingerprint density at radius 2 is 1.67 bits per heavy atom. The van der Waals surface area contributed by atoms with Crippen LogP contribution in [0.15, 0.2) is 65.5 Å². The Morgan fingerprint density at radius 3 is 2.30 bits per heavy atom. The molecule has 2 aromatic heterocycles. The number of methoxy groups -OCH3 is 1. The normalized spacial score (nSPS) is 10.9. The van der Waals surface area contributed by atoms with Crippen LogP contribution in [0.4, 0.5) is 0 Å². The van der Waals surface area contributed by atoms with E-state index >= 15 is 0 Å². The highest BCUT2D eigenvalue weighted by atomic mass is 16.5. The number of fused-ring (bicyclic) bond motifs is 1. The molecule has 0 saturated heterocycles. The zero-order chi connectivity index (χ0) is 19.0. The van der Waals surface area contributed by atoms with Crippen LogP contribution in [-0.4, -0.2) is 32.4 Å². The van der Waals surface area contributed by atoms with Crippen LogP contribution in [0.3, 0.4) is 0 Å². The number of carbonyl (C=O) groups is 1. The topological polar surface area (TPSA) is 78.5 Å². The first-order valence-corrected chi connectivity index (χ1v) is 8.32. The maximum atomic E-state index is 12.9. The number of hydrogen-bond donors (Lipinski definition) is 0. The predicted octanol–water partition coefficient (Wildman–Crippen LogP) is 2.89. The lowest BCUT2D eigenvalue weighted by Crippen LogP contribution is -2.26. The highest BCUT2D eigenvalue weighted by Gasteiger charge is 2.17. The molecule has 7 heteroatoms. The highest BCUT2D eigenvalue weighted by molar-refractivity contribution is 5.81. The molecule has 0 aliphatic rings. The van der Waals surface area contributed by atoms with Crippen molar-refractivity contribution in [1.82, 2.24) is 19.4 Å². The molecule has 0 aliphatic carbocycles. The van der Waals surface area contributed by atoms with E-state index in [0.717, 1.165) is 11.3 Å². The molecule has 0 unspecified atom stereocenters. The summed E-state index contributed by atoms with van der Waals surface area (Å²) in [7, 11) is 1.59. The van der Waals surface area contributed by atoms with E-state index in [2.05, 4.69) is 10.2 Å². The van der Waals surface area contributed by atoms with Crippen LogP contribution in [0.25, 0.3) is 28.2 Å². The molecule has 0 aliphatic heterocycles. The molecule has 4 rings (SSSR count). The number of aromatic nitrogens is 4. The van der Waals surface area contributed by atoms with Gasteiger partial charge < -0.3 is 4.74 Å². The molecule has 0 bridgehead atoms. The van der Waals surface area contributed by atoms with Gasteiger partial charge in [-0.2, -0.15) is 19.4 Å². The number of ether oxygens (including phenoxy) is 1. The number of hydrogen-bond acceptors (Lipinski definition) is 5. The Morgan fingerprint density at radius 1 is 0.963 bits per heavy atom.